The molecule has 0 N–H and O–H groups in total. The molecule has 0 heterocycles. The molecule has 0 aliphatic carbocycles. The summed E-state index contributed by atoms with van der Waals surface area (Å²) < 4.78 is 116. The molecular weight excluding hydrogens is 821 g/mol. The van der Waals surface area contributed by atoms with Gasteiger partial charge in [-0.3, -0.25) is 0 Å². The lowest BCUT2D eigenvalue weighted by Gasteiger charge is -2.30. The zero-order valence-electron chi connectivity index (χ0n) is 35.0. The third-order valence-corrected chi connectivity index (χ3v) is 10.6. The number of alkyl halides is 6. The summed E-state index contributed by atoms with van der Waals surface area (Å²) in [7, 11) is 0. The second-order valence-corrected chi connectivity index (χ2v) is 15.1. The number of hydrogen-bond donors (Lipinski definition) is 0. The Kier molecular flexibility index (Phi) is 16.8. The molecular formula is C53H48F8O2. The van der Waals surface area contributed by atoms with E-state index in [4.69, 9.17) is 9.47 Å². The van der Waals surface area contributed by atoms with E-state index in [9.17, 15) is 35.1 Å². The molecule has 0 saturated carbocycles. The number of allylic oxidation sites excluding steroid dienone is 1. The molecule has 0 aliphatic heterocycles. The molecule has 0 aromatic heterocycles. The largest absolute Gasteiger partial charge is 0.454 e. The summed E-state index contributed by atoms with van der Waals surface area (Å²) >= 11 is 0. The smallest absolute Gasteiger partial charge is 0.416 e. The molecule has 0 saturated heterocycles. The molecule has 0 radical (unpaired) electrons. The molecule has 2 unspecified atom stereocenters. The number of hydrogen-bond acceptors (Lipinski definition) is 2. The maximum Gasteiger partial charge on any atom is 0.416 e. The first-order chi connectivity index (χ1) is 30.1. The molecule has 6 aromatic rings. The van der Waals surface area contributed by atoms with Crippen LogP contribution in [0.3, 0.4) is 0 Å². The van der Waals surface area contributed by atoms with E-state index in [1.165, 1.54) is 36.4 Å². The quantitative estimate of drug-likeness (QED) is 0.0582. The van der Waals surface area contributed by atoms with E-state index in [1.807, 2.05) is 56.3 Å². The van der Waals surface area contributed by atoms with Gasteiger partial charge in [-0.15, -0.1) is 6.58 Å². The van der Waals surface area contributed by atoms with Gasteiger partial charge in [-0.1, -0.05) is 92.4 Å². The van der Waals surface area contributed by atoms with E-state index in [0.717, 1.165) is 66.6 Å². The Bertz CT molecular complexity index is 2420. The van der Waals surface area contributed by atoms with E-state index >= 15 is 0 Å². The van der Waals surface area contributed by atoms with Crippen LogP contribution >= 0.6 is 0 Å². The Labute approximate surface area is 364 Å². The predicted octanol–water partition coefficient (Wildman–Crippen LogP) is 16.1. The van der Waals surface area contributed by atoms with Crippen LogP contribution in [0.2, 0.25) is 0 Å². The summed E-state index contributed by atoms with van der Waals surface area (Å²) in [6.45, 7) is 7.94. The van der Waals surface area contributed by atoms with Gasteiger partial charge in [-0.25, -0.2) is 8.78 Å². The van der Waals surface area contributed by atoms with Gasteiger partial charge in [-0.05, 0) is 147 Å². The fraction of sp³-hybridized carbons (Fsp3) is 0.245. The topological polar surface area (TPSA) is 18.5 Å². The van der Waals surface area contributed by atoms with Crippen LogP contribution in [-0.4, -0.2) is 0 Å². The highest BCUT2D eigenvalue weighted by atomic mass is 19.4. The van der Waals surface area contributed by atoms with Gasteiger partial charge < -0.3 is 9.47 Å². The van der Waals surface area contributed by atoms with Crippen molar-refractivity contribution in [1.29, 1.82) is 0 Å². The summed E-state index contributed by atoms with van der Waals surface area (Å²) in [6.07, 6.45) is -1.59. The van der Waals surface area contributed by atoms with Gasteiger partial charge in [0, 0.05) is 16.9 Å². The summed E-state index contributed by atoms with van der Waals surface area (Å²) in [5.74, 6) is 6.74. The lowest BCUT2D eigenvalue weighted by atomic mass is 9.74. The van der Waals surface area contributed by atoms with Crippen molar-refractivity contribution in [3.63, 3.8) is 0 Å². The maximum atomic E-state index is 14.2. The predicted molar refractivity (Wildman–Crippen MR) is 233 cm³/mol. The van der Waals surface area contributed by atoms with Crippen molar-refractivity contribution in [2.75, 3.05) is 0 Å². The van der Waals surface area contributed by atoms with Crippen LogP contribution in [0.4, 0.5) is 35.1 Å². The molecule has 0 aliphatic rings. The minimum absolute atomic E-state index is 0.0859. The van der Waals surface area contributed by atoms with Crippen molar-refractivity contribution in [3.05, 3.63) is 203 Å². The molecule has 0 fully saturated rings. The number of benzene rings is 6. The molecule has 63 heavy (non-hydrogen) atoms. The molecule has 0 amide bonds. The van der Waals surface area contributed by atoms with Crippen LogP contribution in [0.5, 0.6) is 23.0 Å². The zero-order valence-corrected chi connectivity index (χ0v) is 35.0. The molecule has 2 nitrogen and oxygen atoms in total. The molecule has 10 heteroatoms. The van der Waals surface area contributed by atoms with Crippen LogP contribution in [0.25, 0.3) is 0 Å². The van der Waals surface area contributed by atoms with Crippen molar-refractivity contribution >= 4 is 0 Å². The third-order valence-electron chi connectivity index (χ3n) is 10.6. The average molecular weight is 869 g/mol. The van der Waals surface area contributed by atoms with Gasteiger partial charge >= 0.3 is 12.4 Å². The van der Waals surface area contributed by atoms with E-state index in [2.05, 4.69) is 18.4 Å². The minimum atomic E-state index is -4.36. The normalized spacial score (nSPS) is 12.7. The Morgan fingerprint density at radius 1 is 0.587 bits per heavy atom. The second kappa shape index (κ2) is 22.1. The Hall–Kier alpha value is -6.34. The zero-order chi connectivity index (χ0) is 45.5. The summed E-state index contributed by atoms with van der Waals surface area (Å²) in [5, 5.41) is 0. The van der Waals surface area contributed by atoms with Gasteiger partial charge in [0.25, 0.3) is 0 Å². The molecule has 6 rings (SSSR count). The maximum absolute atomic E-state index is 14.2. The standard InChI is InChI=1S/C27H26F4O.C26H22F4O/c1-3-26(4-2,21-13-15-22(16-14-21)27(29,30)31)18-8-9-20-12-17-24(28)25(19-20)32-23-10-6-5-7-11-23;1-19(10-11-20-12-15-22(16-13-20)26(28,29)30)6-5-7-21-14-17-24(27)25(18-21)31-23-8-3-2-4-9-23/h3,5-7,10-17,19H,1,4,8-9,18H2,2H3;2-4,8-9,12-19H,5-7H2,1H3. The monoisotopic (exact) mass is 868 g/mol. The van der Waals surface area contributed by atoms with Crippen LogP contribution in [-0.2, 0) is 30.6 Å². The third kappa shape index (κ3) is 14.4. The van der Waals surface area contributed by atoms with Crippen molar-refractivity contribution in [2.24, 2.45) is 5.92 Å². The highest BCUT2D eigenvalue weighted by Crippen LogP contribution is 2.38. The van der Waals surface area contributed by atoms with Crippen molar-refractivity contribution in [3.8, 4) is 34.8 Å². The van der Waals surface area contributed by atoms with Gasteiger partial charge in [0.15, 0.2) is 23.1 Å². The SMILES string of the molecule is C=CC(CC)(CCCc1ccc(F)c(Oc2ccccc2)c1)c1ccc(C(F)(F)F)cc1.CC(C#Cc1ccc(C(F)(F)F)cc1)CCCc1ccc(F)c(Oc2ccccc2)c1. The van der Waals surface area contributed by atoms with E-state index in [1.54, 1.807) is 48.5 Å². The Balaban J connectivity index is 0.000000238. The van der Waals surface area contributed by atoms with Crippen LogP contribution in [0.15, 0.2) is 158 Å². The summed E-state index contributed by atoms with van der Waals surface area (Å²) in [6, 6.07) is 37.9. The Morgan fingerprint density at radius 3 is 1.48 bits per heavy atom. The average Bonchev–Trinajstić information content (AvgIpc) is 3.27. The van der Waals surface area contributed by atoms with Gasteiger partial charge in [0.2, 0.25) is 0 Å². The first-order valence-electron chi connectivity index (χ1n) is 20.6. The fourth-order valence-corrected chi connectivity index (χ4v) is 6.92. The van der Waals surface area contributed by atoms with Crippen LogP contribution in [0, 0.1) is 29.4 Å². The van der Waals surface area contributed by atoms with E-state index in [0.29, 0.717) is 36.3 Å². The van der Waals surface area contributed by atoms with Gasteiger partial charge in [0.05, 0.1) is 11.1 Å². The molecule has 2 atom stereocenters. The number of aryl methyl sites for hydroxylation is 2. The molecule has 6 aromatic carbocycles. The van der Waals surface area contributed by atoms with Crippen molar-refractivity contribution in [2.45, 2.75) is 76.6 Å². The van der Waals surface area contributed by atoms with Gasteiger partial charge in [0.1, 0.15) is 11.5 Å². The number of ether oxygens (including phenoxy) is 2. The second-order valence-electron chi connectivity index (χ2n) is 15.1. The van der Waals surface area contributed by atoms with Crippen molar-refractivity contribution in [1.82, 2.24) is 0 Å². The molecule has 0 bridgehead atoms. The molecule has 0 spiro atoms. The van der Waals surface area contributed by atoms with Gasteiger partial charge in [-0.2, -0.15) is 26.3 Å². The lowest BCUT2D eigenvalue weighted by Crippen LogP contribution is -2.23. The number of halogens is 8. The Morgan fingerprint density at radius 2 is 1.03 bits per heavy atom. The van der Waals surface area contributed by atoms with Crippen LogP contribution < -0.4 is 9.47 Å². The highest BCUT2D eigenvalue weighted by molar-refractivity contribution is 5.39. The fourth-order valence-electron chi connectivity index (χ4n) is 6.92. The first kappa shape index (κ1) is 47.7. The first-order valence-corrected chi connectivity index (χ1v) is 20.6. The van der Waals surface area contributed by atoms with Crippen LogP contribution in [0.1, 0.15) is 79.3 Å². The summed E-state index contributed by atoms with van der Waals surface area (Å²) in [5.41, 5.74) is 1.51. The number of para-hydroxylation sites is 2. The number of rotatable bonds is 15. The summed E-state index contributed by atoms with van der Waals surface area (Å²) in [4.78, 5) is 0. The molecule has 328 valence electrons. The van der Waals surface area contributed by atoms with E-state index in [-0.39, 0.29) is 17.4 Å². The lowest BCUT2D eigenvalue weighted by molar-refractivity contribution is -0.138. The minimum Gasteiger partial charge on any atom is -0.454 e. The van der Waals surface area contributed by atoms with Crippen molar-refractivity contribution < 1.29 is 44.6 Å². The highest BCUT2D eigenvalue weighted by Gasteiger charge is 2.32. The van der Waals surface area contributed by atoms with E-state index < -0.39 is 40.5 Å².